The summed E-state index contributed by atoms with van der Waals surface area (Å²) in [6, 6.07) is 7.21. The molecular formula is C14H13BrN6O2. The number of rotatable bonds is 2. The molecule has 0 bridgehead atoms. The van der Waals surface area contributed by atoms with Gasteiger partial charge >= 0.3 is 0 Å². The molecule has 1 saturated heterocycles. The molecule has 1 aliphatic heterocycles. The van der Waals surface area contributed by atoms with E-state index in [0.29, 0.717) is 42.3 Å². The highest BCUT2D eigenvalue weighted by Crippen LogP contribution is 2.18. The van der Waals surface area contributed by atoms with E-state index in [1.807, 2.05) is 12.1 Å². The molecule has 0 unspecified atom stereocenters. The fourth-order valence-corrected chi connectivity index (χ4v) is 2.92. The number of piperazine rings is 1. The SMILES string of the molecule is O=C(c1ccc(Br)o1)N1CCN(c2ccc3nncn3n2)CC1. The zero-order chi connectivity index (χ0) is 15.8. The van der Waals surface area contributed by atoms with E-state index in [-0.39, 0.29) is 5.91 Å². The number of anilines is 1. The monoisotopic (exact) mass is 376 g/mol. The van der Waals surface area contributed by atoms with E-state index in [4.69, 9.17) is 4.42 Å². The lowest BCUT2D eigenvalue weighted by Crippen LogP contribution is -2.49. The van der Waals surface area contributed by atoms with Gasteiger partial charge in [0.2, 0.25) is 0 Å². The summed E-state index contributed by atoms with van der Waals surface area (Å²) in [7, 11) is 0. The molecule has 4 rings (SSSR count). The van der Waals surface area contributed by atoms with Crippen LogP contribution in [0.5, 0.6) is 0 Å². The predicted molar refractivity (Wildman–Crippen MR) is 85.3 cm³/mol. The number of nitrogens with zero attached hydrogens (tertiary/aromatic N) is 6. The van der Waals surface area contributed by atoms with Crippen LogP contribution in [0.4, 0.5) is 5.82 Å². The topological polar surface area (TPSA) is 79.8 Å². The molecule has 1 amide bonds. The van der Waals surface area contributed by atoms with E-state index < -0.39 is 0 Å². The average molecular weight is 377 g/mol. The lowest BCUT2D eigenvalue weighted by molar-refractivity contribution is 0.0713. The molecule has 8 nitrogen and oxygen atoms in total. The van der Waals surface area contributed by atoms with Crippen LogP contribution in [-0.2, 0) is 0 Å². The van der Waals surface area contributed by atoms with Gasteiger partial charge in [0.15, 0.2) is 16.1 Å². The number of carbonyl (C=O) groups excluding carboxylic acids is 1. The normalized spacial score (nSPS) is 15.3. The van der Waals surface area contributed by atoms with Crippen molar-refractivity contribution in [3.8, 4) is 0 Å². The van der Waals surface area contributed by atoms with Crippen molar-refractivity contribution in [1.82, 2.24) is 24.7 Å². The number of halogens is 1. The van der Waals surface area contributed by atoms with Crippen molar-refractivity contribution in [2.24, 2.45) is 0 Å². The molecule has 0 aliphatic carbocycles. The number of hydrogen-bond donors (Lipinski definition) is 0. The molecule has 0 aromatic carbocycles. The minimum Gasteiger partial charge on any atom is -0.444 e. The van der Waals surface area contributed by atoms with Gasteiger partial charge in [-0.3, -0.25) is 4.79 Å². The Hall–Kier alpha value is -2.42. The standard InChI is InChI=1S/C14H13BrN6O2/c15-11-2-1-10(23-11)14(22)20-7-5-19(6-8-20)13-4-3-12-17-16-9-21(12)18-13/h1-4,9H,5-8H2. The zero-order valence-electron chi connectivity index (χ0n) is 12.1. The van der Waals surface area contributed by atoms with Crippen molar-refractivity contribution in [2.45, 2.75) is 0 Å². The number of furan rings is 1. The maximum absolute atomic E-state index is 12.4. The highest BCUT2D eigenvalue weighted by molar-refractivity contribution is 9.10. The first-order valence-corrected chi connectivity index (χ1v) is 7.97. The largest absolute Gasteiger partial charge is 0.444 e. The van der Waals surface area contributed by atoms with Crippen LogP contribution in [0.25, 0.3) is 5.65 Å². The van der Waals surface area contributed by atoms with Crippen molar-refractivity contribution < 1.29 is 9.21 Å². The number of carbonyl (C=O) groups is 1. The van der Waals surface area contributed by atoms with Crippen molar-refractivity contribution in [3.63, 3.8) is 0 Å². The molecule has 1 aliphatic rings. The maximum atomic E-state index is 12.4. The summed E-state index contributed by atoms with van der Waals surface area (Å²) in [6.07, 6.45) is 1.58. The summed E-state index contributed by atoms with van der Waals surface area (Å²) in [6.45, 7) is 2.68. The second-order valence-electron chi connectivity index (χ2n) is 5.21. The third-order valence-electron chi connectivity index (χ3n) is 3.82. The summed E-state index contributed by atoms with van der Waals surface area (Å²) >= 11 is 3.21. The third kappa shape index (κ3) is 2.67. The first-order chi connectivity index (χ1) is 11.2. The highest BCUT2D eigenvalue weighted by Gasteiger charge is 2.25. The molecule has 23 heavy (non-hydrogen) atoms. The van der Waals surface area contributed by atoms with Crippen LogP contribution >= 0.6 is 15.9 Å². The lowest BCUT2D eigenvalue weighted by Gasteiger charge is -2.34. The van der Waals surface area contributed by atoms with E-state index in [1.54, 1.807) is 27.9 Å². The maximum Gasteiger partial charge on any atom is 0.289 e. The van der Waals surface area contributed by atoms with Gasteiger partial charge in [0.05, 0.1) is 0 Å². The number of amides is 1. The van der Waals surface area contributed by atoms with Gasteiger partial charge in [-0.25, -0.2) is 0 Å². The highest BCUT2D eigenvalue weighted by atomic mass is 79.9. The molecule has 0 radical (unpaired) electrons. The minimum atomic E-state index is -0.0856. The molecule has 0 saturated carbocycles. The van der Waals surface area contributed by atoms with Crippen LogP contribution in [0.2, 0.25) is 0 Å². The fourth-order valence-electron chi connectivity index (χ4n) is 2.61. The predicted octanol–water partition coefficient (Wildman–Crippen LogP) is 1.44. The van der Waals surface area contributed by atoms with E-state index in [9.17, 15) is 4.79 Å². The molecule has 4 heterocycles. The summed E-state index contributed by atoms with van der Waals surface area (Å²) in [5.41, 5.74) is 0.714. The summed E-state index contributed by atoms with van der Waals surface area (Å²) < 4.78 is 7.54. The van der Waals surface area contributed by atoms with Crippen LogP contribution in [0.1, 0.15) is 10.6 Å². The van der Waals surface area contributed by atoms with Gasteiger partial charge in [0.1, 0.15) is 12.1 Å². The Balaban J connectivity index is 1.45. The Labute approximate surface area is 139 Å². The summed E-state index contributed by atoms with van der Waals surface area (Å²) in [5, 5.41) is 12.2. The molecule has 0 spiro atoms. The second kappa shape index (κ2) is 5.65. The van der Waals surface area contributed by atoms with Crippen LogP contribution < -0.4 is 4.90 Å². The molecule has 1 fully saturated rings. The smallest absolute Gasteiger partial charge is 0.289 e. The lowest BCUT2D eigenvalue weighted by atomic mass is 10.3. The van der Waals surface area contributed by atoms with Crippen LogP contribution in [0.15, 0.2) is 39.7 Å². The first-order valence-electron chi connectivity index (χ1n) is 7.17. The van der Waals surface area contributed by atoms with Gasteiger partial charge in [0, 0.05) is 26.2 Å². The van der Waals surface area contributed by atoms with Crippen LogP contribution in [-0.4, -0.2) is 56.8 Å². The molecular weight excluding hydrogens is 364 g/mol. The molecule has 3 aromatic heterocycles. The average Bonchev–Trinajstić information content (AvgIpc) is 3.22. The Morgan fingerprint density at radius 3 is 2.70 bits per heavy atom. The number of aromatic nitrogens is 4. The zero-order valence-corrected chi connectivity index (χ0v) is 13.7. The molecule has 118 valence electrons. The second-order valence-corrected chi connectivity index (χ2v) is 5.99. The van der Waals surface area contributed by atoms with E-state index in [0.717, 1.165) is 5.82 Å². The summed E-state index contributed by atoms with van der Waals surface area (Å²) in [5.74, 6) is 1.12. The minimum absolute atomic E-state index is 0.0856. The summed E-state index contributed by atoms with van der Waals surface area (Å²) in [4.78, 5) is 16.3. The van der Waals surface area contributed by atoms with Gasteiger partial charge in [-0.15, -0.1) is 15.3 Å². The van der Waals surface area contributed by atoms with Gasteiger partial charge in [-0.05, 0) is 40.2 Å². The van der Waals surface area contributed by atoms with Gasteiger partial charge < -0.3 is 14.2 Å². The van der Waals surface area contributed by atoms with E-state index >= 15 is 0 Å². The first kappa shape index (κ1) is 14.2. The van der Waals surface area contributed by atoms with Crippen LogP contribution in [0.3, 0.4) is 0 Å². The van der Waals surface area contributed by atoms with Crippen molar-refractivity contribution >= 4 is 33.3 Å². The van der Waals surface area contributed by atoms with Gasteiger partial charge in [-0.2, -0.15) is 4.52 Å². The number of hydrogen-bond acceptors (Lipinski definition) is 6. The van der Waals surface area contributed by atoms with Crippen molar-refractivity contribution in [3.05, 3.63) is 41.0 Å². The quantitative estimate of drug-likeness (QED) is 0.673. The Bertz CT molecular complexity index is 852. The van der Waals surface area contributed by atoms with Gasteiger partial charge in [0.25, 0.3) is 5.91 Å². The molecule has 0 atom stereocenters. The third-order valence-corrected chi connectivity index (χ3v) is 4.25. The molecule has 9 heteroatoms. The Morgan fingerprint density at radius 2 is 1.96 bits per heavy atom. The molecule has 0 N–H and O–H groups in total. The van der Waals surface area contributed by atoms with Crippen LogP contribution in [0, 0.1) is 0 Å². The van der Waals surface area contributed by atoms with E-state index in [2.05, 4.69) is 36.1 Å². The van der Waals surface area contributed by atoms with E-state index in [1.165, 1.54) is 0 Å². The molecule has 3 aromatic rings. The van der Waals surface area contributed by atoms with Crippen molar-refractivity contribution in [1.29, 1.82) is 0 Å². The van der Waals surface area contributed by atoms with Gasteiger partial charge in [-0.1, -0.05) is 0 Å². The fraction of sp³-hybridized carbons (Fsp3) is 0.286. The Kier molecular flexibility index (Phi) is 3.49. The Morgan fingerprint density at radius 1 is 1.13 bits per heavy atom. The van der Waals surface area contributed by atoms with Crippen molar-refractivity contribution in [2.75, 3.05) is 31.1 Å². The number of fused-ring (bicyclic) bond motifs is 1.